The Balaban J connectivity index is 2.23. The Kier molecular flexibility index (Phi) is 4.74. The van der Waals surface area contributed by atoms with Crippen molar-refractivity contribution in [3.8, 4) is 0 Å². The molecule has 6 nitrogen and oxygen atoms in total. The van der Waals surface area contributed by atoms with Crippen LogP contribution in [0.25, 0.3) is 10.9 Å². The van der Waals surface area contributed by atoms with Crippen molar-refractivity contribution in [2.24, 2.45) is 0 Å². The number of aryl methyl sites for hydroxylation is 1. The van der Waals surface area contributed by atoms with Crippen LogP contribution in [0.4, 0.5) is 4.79 Å². The van der Waals surface area contributed by atoms with Crippen LogP contribution in [-0.4, -0.2) is 34.2 Å². The van der Waals surface area contributed by atoms with E-state index in [0.29, 0.717) is 5.82 Å². The number of fused-ring (bicyclic) bond motifs is 1. The van der Waals surface area contributed by atoms with Crippen LogP contribution in [0.2, 0.25) is 0 Å². The minimum Gasteiger partial charge on any atom is -0.341 e. The van der Waals surface area contributed by atoms with Crippen molar-refractivity contribution in [2.75, 3.05) is 7.05 Å². The van der Waals surface area contributed by atoms with E-state index in [-0.39, 0.29) is 5.91 Å². The summed E-state index contributed by atoms with van der Waals surface area (Å²) in [4.78, 5) is 31.8. The molecule has 1 aromatic carbocycles. The molecule has 0 spiro atoms. The minimum absolute atomic E-state index is 0.361. The Bertz CT molecular complexity index is 690. The predicted octanol–water partition coefficient (Wildman–Crippen LogP) is 1.87. The summed E-state index contributed by atoms with van der Waals surface area (Å²) in [7, 11) is 1.46. The van der Waals surface area contributed by atoms with Gasteiger partial charge in [-0.2, -0.15) is 0 Å². The summed E-state index contributed by atoms with van der Waals surface area (Å²) in [6.07, 6.45) is 0. The van der Waals surface area contributed by atoms with Gasteiger partial charge in [-0.15, -0.1) is 0 Å². The Morgan fingerprint density at radius 3 is 2.67 bits per heavy atom. The zero-order valence-electron chi connectivity index (χ0n) is 12.0. The third-order valence-corrected chi connectivity index (χ3v) is 3.90. The molecular weight excluding hydrogens is 288 g/mol. The first-order valence-electron chi connectivity index (χ1n) is 6.44. The number of nitrogens with zero attached hydrogens (tertiary/aromatic N) is 2. The van der Waals surface area contributed by atoms with Crippen molar-refractivity contribution in [3.05, 3.63) is 30.1 Å². The topological polar surface area (TPSA) is 84.0 Å². The molecule has 3 amide bonds. The van der Waals surface area contributed by atoms with E-state index in [2.05, 4.69) is 20.6 Å². The first-order chi connectivity index (χ1) is 10.0. The minimum atomic E-state index is -0.517. The van der Waals surface area contributed by atoms with Crippen LogP contribution >= 0.6 is 11.8 Å². The third-order valence-electron chi connectivity index (χ3n) is 2.80. The quantitative estimate of drug-likeness (QED) is 0.668. The molecule has 0 aliphatic rings. The number of benzene rings is 1. The van der Waals surface area contributed by atoms with Gasteiger partial charge in [0, 0.05) is 12.4 Å². The van der Waals surface area contributed by atoms with Crippen molar-refractivity contribution in [1.29, 1.82) is 0 Å². The normalized spacial score (nSPS) is 12.0. The molecule has 0 fully saturated rings. The molecule has 0 saturated carbocycles. The van der Waals surface area contributed by atoms with Gasteiger partial charge >= 0.3 is 6.03 Å². The summed E-state index contributed by atoms with van der Waals surface area (Å²) >= 11 is 1.30. The van der Waals surface area contributed by atoms with E-state index in [9.17, 15) is 9.59 Å². The van der Waals surface area contributed by atoms with Crippen LogP contribution in [0, 0.1) is 6.92 Å². The maximum atomic E-state index is 11.9. The van der Waals surface area contributed by atoms with Crippen LogP contribution < -0.4 is 10.6 Å². The van der Waals surface area contributed by atoms with Crippen LogP contribution in [0.15, 0.2) is 29.3 Å². The zero-order valence-corrected chi connectivity index (χ0v) is 12.8. The largest absolute Gasteiger partial charge is 0.341 e. The average molecular weight is 304 g/mol. The fourth-order valence-corrected chi connectivity index (χ4v) is 2.73. The number of para-hydroxylation sites is 1. The summed E-state index contributed by atoms with van der Waals surface area (Å²) in [6.45, 7) is 3.54. The lowest BCUT2D eigenvalue weighted by molar-refractivity contribution is -0.119. The Labute approximate surface area is 126 Å². The van der Waals surface area contributed by atoms with Gasteiger partial charge in [-0.3, -0.25) is 10.1 Å². The van der Waals surface area contributed by atoms with E-state index >= 15 is 0 Å². The number of hydrogen-bond acceptors (Lipinski definition) is 5. The summed E-state index contributed by atoms with van der Waals surface area (Å²) in [6, 6.07) is 7.12. The number of amides is 3. The third kappa shape index (κ3) is 3.69. The first kappa shape index (κ1) is 15.2. The second kappa shape index (κ2) is 6.53. The molecule has 2 rings (SSSR count). The molecule has 1 aromatic heterocycles. The van der Waals surface area contributed by atoms with Crippen LogP contribution in [-0.2, 0) is 4.79 Å². The number of nitrogens with one attached hydrogen (secondary N) is 2. The molecule has 2 aromatic rings. The average Bonchev–Trinajstić information content (AvgIpc) is 2.46. The number of urea groups is 1. The Morgan fingerprint density at radius 1 is 1.24 bits per heavy atom. The number of carbonyl (C=O) groups excluding carboxylic acids is 2. The lowest BCUT2D eigenvalue weighted by Gasteiger charge is -2.12. The molecule has 0 bridgehead atoms. The smallest absolute Gasteiger partial charge is 0.321 e. The number of carbonyl (C=O) groups is 2. The summed E-state index contributed by atoms with van der Waals surface area (Å²) in [5.74, 6) is 0.287. The monoisotopic (exact) mass is 304 g/mol. The van der Waals surface area contributed by atoms with Gasteiger partial charge in [0.05, 0.1) is 10.8 Å². The molecule has 2 N–H and O–H groups in total. The van der Waals surface area contributed by atoms with E-state index in [1.165, 1.54) is 18.8 Å². The summed E-state index contributed by atoms with van der Waals surface area (Å²) in [5, 5.41) is 5.79. The van der Waals surface area contributed by atoms with E-state index in [1.807, 2.05) is 31.2 Å². The van der Waals surface area contributed by atoms with Crippen LogP contribution in [0.5, 0.6) is 0 Å². The van der Waals surface area contributed by atoms with Crippen molar-refractivity contribution in [2.45, 2.75) is 24.1 Å². The molecule has 0 radical (unpaired) electrons. The molecule has 0 unspecified atom stereocenters. The molecule has 21 heavy (non-hydrogen) atoms. The first-order valence-corrected chi connectivity index (χ1v) is 7.32. The molecule has 1 atom stereocenters. The molecule has 0 saturated heterocycles. The molecule has 0 aliphatic heterocycles. The summed E-state index contributed by atoms with van der Waals surface area (Å²) in [5.41, 5.74) is 0.839. The number of rotatable bonds is 3. The maximum Gasteiger partial charge on any atom is 0.321 e. The van der Waals surface area contributed by atoms with Gasteiger partial charge in [-0.1, -0.05) is 30.0 Å². The van der Waals surface area contributed by atoms with Gasteiger partial charge < -0.3 is 5.32 Å². The second-order valence-corrected chi connectivity index (χ2v) is 5.75. The summed E-state index contributed by atoms with van der Waals surface area (Å²) < 4.78 is 0. The molecule has 1 heterocycles. The highest BCUT2D eigenvalue weighted by atomic mass is 32.2. The van der Waals surface area contributed by atoms with Crippen molar-refractivity contribution in [1.82, 2.24) is 20.6 Å². The van der Waals surface area contributed by atoms with E-state index in [1.54, 1.807) is 6.92 Å². The van der Waals surface area contributed by atoms with Gasteiger partial charge in [-0.05, 0) is 19.9 Å². The number of imide groups is 1. The van der Waals surface area contributed by atoms with Gasteiger partial charge in [0.25, 0.3) is 0 Å². The van der Waals surface area contributed by atoms with Gasteiger partial charge in [0.1, 0.15) is 10.9 Å². The van der Waals surface area contributed by atoms with Crippen molar-refractivity contribution < 1.29 is 9.59 Å². The molecular formula is C14H16N4O2S. The molecule has 0 aliphatic carbocycles. The highest BCUT2D eigenvalue weighted by Crippen LogP contribution is 2.28. The van der Waals surface area contributed by atoms with Gasteiger partial charge in [0.15, 0.2) is 0 Å². The van der Waals surface area contributed by atoms with E-state index in [4.69, 9.17) is 0 Å². The molecule has 7 heteroatoms. The lowest BCUT2D eigenvalue weighted by Crippen LogP contribution is -2.41. The van der Waals surface area contributed by atoms with Crippen molar-refractivity contribution >= 4 is 34.6 Å². The van der Waals surface area contributed by atoms with Crippen LogP contribution in [0.1, 0.15) is 12.7 Å². The Morgan fingerprint density at radius 2 is 1.95 bits per heavy atom. The fraction of sp³-hybridized carbons (Fsp3) is 0.286. The van der Waals surface area contributed by atoms with Crippen molar-refractivity contribution in [3.63, 3.8) is 0 Å². The maximum absolute atomic E-state index is 11.9. The highest BCUT2D eigenvalue weighted by Gasteiger charge is 2.18. The number of thioether (sulfide) groups is 1. The van der Waals surface area contributed by atoms with E-state index < -0.39 is 11.3 Å². The fourth-order valence-electron chi connectivity index (χ4n) is 1.75. The second-order valence-electron chi connectivity index (χ2n) is 4.42. The SMILES string of the molecule is CNC(=O)NC(=O)[C@@H](C)Sc1nc(C)nc2ccccc12. The molecule has 110 valence electrons. The van der Waals surface area contributed by atoms with Gasteiger partial charge in [-0.25, -0.2) is 14.8 Å². The highest BCUT2D eigenvalue weighted by molar-refractivity contribution is 8.00. The van der Waals surface area contributed by atoms with E-state index in [0.717, 1.165) is 15.9 Å². The predicted molar refractivity (Wildman–Crippen MR) is 82.2 cm³/mol. The number of hydrogen-bond donors (Lipinski definition) is 2. The van der Waals surface area contributed by atoms with Gasteiger partial charge in [0.2, 0.25) is 5.91 Å². The standard InChI is InChI=1S/C14H16N4O2S/c1-8(12(19)18-14(20)15-3)21-13-10-6-4-5-7-11(10)16-9(2)17-13/h4-8H,1-3H3,(H2,15,18,19,20)/t8-/m1/s1. The number of aromatic nitrogens is 2. The van der Waals surface area contributed by atoms with Crippen LogP contribution in [0.3, 0.4) is 0 Å². The lowest BCUT2D eigenvalue weighted by atomic mass is 10.2. The Hall–Kier alpha value is -2.15. The zero-order chi connectivity index (χ0) is 15.4.